The second-order valence-corrected chi connectivity index (χ2v) is 15.2. The first kappa shape index (κ1) is 35.2. The van der Waals surface area contributed by atoms with Crippen LogP contribution >= 0.6 is 23.1 Å². The number of fused-ring (bicyclic) bond motifs is 2. The largest absolute Gasteiger partial charge is 0.505 e. The number of pyridine rings is 1. The summed E-state index contributed by atoms with van der Waals surface area (Å²) < 4.78 is 14.6. The Labute approximate surface area is 310 Å². The molecule has 1 N–H and O–H groups in total. The summed E-state index contributed by atoms with van der Waals surface area (Å²) in [6, 6.07) is 22.5. The molecule has 1 aliphatic rings. The number of hydrogen-bond acceptors (Lipinski definition) is 10. The molecule has 0 saturated carbocycles. The van der Waals surface area contributed by atoms with Crippen LogP contribution in [0, 0.1) is 19.8 Å². The van der Waals surface area contributed by atoms with Gasteiger partial charge in [0.15, 0.2) is 21.6 Å². The molecule has 10 nitrogen and oxygen atoms in total. The van der Waals surface area contributed by atoms with E-state index >= 15 is 0 Å². The number of carbonyl (C=O) groups is 2. The molecule has 52 heavy (non-hydrogen) atoms. The van der Waals surface area contributed by atoms with Gasteiger partial charge in [-0.3, -0.25) is 14.5 Å². The standard InChI is InChI=1S/C40H39N5O5S2/c1-6-49-31-21-27(16-17-30(31)50-20-18-23(2)3)34-32(35(46)33-25(5)44-19-10-11-24(4)37(44)41-33)36(47)38(48)45(34)39-42-43-40(52-39)51-22-28-14-9-13-26-12-7-8-15-29(26)28/h7-17,19,21,23,34,46H,6,18,20,22H2,1-5H3/b35-32+. The third-order valence-corrected chi connectivity index (χ3v) is 11.2. The highest BCUT2D eigenvalue weighted by molar-refractivity contribution is 8.00. The minimum atomic E-state index is -1.04. The van der Waals surface area contributed by atoms with Crippen LogP contribution in [0.25, 0.3) is 22.2 Å². The molecular formula is C40H39N5O5S2. The molecule has 4 heterocycles. The van der Waals surface area contributed by atoms with Crippen molar-refractivity contribution >= 4 is 62.1 Å². The van der Waals surface area contributed by atoms with Crippen LogP contribution in [0.3, 0.4) is 0 Å². The first-order chi connectivity index (χ1) is 25.2. The van der Waals surface area contributed by atoms with Gasteiger partial charge in [0.25, 0.3) is 5.78 Å². The Morgan fingerprint density at radius 1 is 0.981 bits per heavy atom. The van der Waals surface area contributed by atoms with Gasteiger partial charge in [0, 0.05) is 11.9 Å². The molecule has 12 heteroatoms. The quantitative estimate of drug-likeness (QED) is 0.0433. The van der Waals surface area contributed by atoms with Gasteiger partial charge in [-0.2, -0.15) is 0 Å². The zero-order valence-corrected chi connectivity index (χ0v) is 31.3. The summed E-state index contributed by atoms with van der Waals surface area (Å²) in [5.41, 5.74) is 4.00. The number of ketones is 1. The van der Waals surface area contributed by atoms with E-state index < -0.39 is 17.7 Å². The van der Waals surface area contributed by atoms with E-state index in [1.807, 2.05) is 61.7 Å². The lowest BCUT2D eigenvalue weighted by atomic mass is 9.96. The van der Waals surface area contributed by atoms with E-state index in [0.717, 1.165) is 28.3 Å². The minimum Gasteiger partial charge on any atom is -0.505 e. The fraction of sp³-hybridized carbons (Fsp3) is 0.275. The van der Waals surface area contributed by atoms with Crippen molar-refractivity contribution in [3.8, 4) is 11.5 Å². The summed E-state index contributed by atoms with van der Waals surface area (Å²) in [6.45, 7) is 10.8. The second kappa shape index (κ2) is 14.8. The van der Waals surface area contributed by atoms with Crippen molar-refractivity contribution in [3.05, 3.63) is 113 Å². The van der Waals surface area contributed by atoms with E-state index in [1.54, 1.807) is 18.2 Å². The van der Waals surface area contributed by atoms with Gasteiger partial charge in [0.1, 0.15) is 11.3 Å². The second-order valence-electron chi connectivity index (χ2n) is 13.0. The van der Waals surface area contributed by atoms with Crippen LogP contribution in [-0.2, 0) is 15.3 Å². The third-order valence-electron chi connectivity index (χ3n) is 9.12. The van der Waals surface area contributed by atoms with Crippen molar-refractivity contribution in [2.45, 2.75) is 57.2 Å². The average molecular weight is 734 g/mol. The van der Waals surface area contributed by atoms with Gasteiger partial charge < -0.3 is 19.0 Å². The molecule has 3 aromatic carbocycles. The van der Waals surface area contributed by atoms with Gasteiger partial charge in [-0.05, 0) is 78.8 Å². The highest BCUT2D eigenvalue weighted by atomic mass is 32.2. The van der Waals surface area contributed by atoms with Crippen LogP contribution in [0.2, 0.25) is 0 Å². The minimum absolute atomic E-state index is 0.0924. The average Bonchev–Trinajstić information content (AvgIpc) is 3.82. The molecule has 0 radical (unpaired) electrons. The Morgan fingerprint density at radius 2 is 1.79 bits per heavy atom. The Balaban J connectivity index is 1.31. The van der Waals surface area contributed by atoms with Crippen LogP contribution in [-0.4, -0.2) is 49.6 Å². The van der Waals surface area contributed by atoms with Gasteiger partial charge in [-0.15, -0.1) is 10.2 Å². The van der Waals surface area contributed by atoms with Crippen molar-refractivity contribution in [2.75, 3.05) is 18.1 Å². The van der Waals surface area contributed by atoms with E-state index in [4.69, 9.17) is 14.5 Å². The van der Waals surface area contributed by atoms with Crippen LogP contribution in [0.15, 0.2) is 88.9 Å². The summed E-state index contributed by atoms with van der Waals surface area (Å²) >= 11 is 2.73. The molecule has 1 atom stereocenters. The highest BCUT2D eigenvalue weighted by Crippen LogP contribution is 2.46. The van der Waals surface area contributed by atoms with Crippen LogP contribution in [0.4, 0.5) is 5.13 Å². The molecule has 0 spiro atoms. The maximum Gasteiger partial charge on any atom is 0.301 e. The Hall–Kier alpha value is -5.20. The van der Waals surface area contributed by atoms with Crippen molar-refractivity contribution in [1.29, 1.82) is 0 Å². The third kappa shape index (κ3) is 6.64. The zero-order valence-electron chi connectivity index (χ0n) is 29.6. The van der Waals surface area contributed by atoms with Gasteiger partial charge in [-0.1, -0.05) is 91.5 Å². The predicted octanol–water partition coefficient (Wildman–Crippen LogP) is 8.70. The molecule has 1 aliphatic heterocycles. The molecule has 266 valence electrons. The number of Topliss-reactive ketones (excluding diaryl/α,β-unsaturated/α-hetero) is 1. The molecule has 1 amide bonds. The van der Waals surface area contributed by atoms with Gasteiger partial charge in [-0.25, -0.2) is 4.98 Å². The molecule has 3 aromatic heterocycles. The number of aliphatic hydroxyl groups is 1. The maximum atomic E-state index is 14.1. The molecule has 1 unspecified atom stereocenters. The fourth-order valence-electron chi connectivity index (χ4n) is 6.42. The van der Waals surface area contributed by atoms with E-state index in [9.17, 15) is 14.7 Å². The smallest absolute Gasteiger partial charge is 0.301 e. The lowest BCUT2D eigenvalue weighted by Crippen LogP contribution is -2.29. The van der Waals surface area contributed by atoms with Gasteiger partial charge in [0.2, 0.25) is 5.13 Å². The summed E-state index contributed by atoms with van der Waals surface area (Å²) in [4.78, 5) is 34.2. The molecule has 6 aromatic rings. The fourth-order valence-corrected chi connectivity index (χ4v) is 8.29. The summed E-state index contributed by atoms with van der Waals surface area (Å²) in [7, 11) is 0. The molecule has 1 saturated heterocycles. The van der Waals surface area contributed by atoms with E-state index in [1.165, 1.54) is 28.0 Å². The monoisotopic (exact) mass is 733 g/mol. The Kier molecular flexibility index (Phi) is 10.0. The number of benzene rings is 3. The van der Waals surface area contributed by atoms with Gasteiger partial charge >= 0.3 is 5.91 Å². The molecule has 0 bridgehead atoms. The van der Waals surface area contributed by atoms with E-state index in [2.05, 4.69) is 48.3 Å². The van der Waals surface area contributed by atoms with Crippen LogP contribution in [0.1, 0.15) is 61.3 Å². The van der Waals surface area contributed by atoms with Crippen LogP contribution < -0.4 is 14.4 Å². The number of amides is 1. The number of aromatic nitrogens is 4. The topological polar surface area (TPSA) is 119 Å². The highest BCUT2D eigenvalue weighted by Gasteiger charge is 2.49. The van der Waals surface area contributed by atoms with E-state index in [-0.39, 0.29) is 22.2 Å². The number of hydrogen-bond donors (Lipinski definition) is 1. The van der Waals surface area contributed by atoms with Crippen molar-refractivity contribution in [3.63, 3.8) is 0 Å². The Bertz CT molecular complexity index is 2340. The number of aliphatic hydroxyl groups excluding tert-OH is 1. The number of anilines is 1. The van der Waals surface area contributed by atoms with Gasteiger partial charge in [0.05, 0.1) is 30.5 Å². The molecular weight excluding hydrogens is 695 g/mol. The number of imidazole rings is 1. The molecule has 0 aliphatic carbocycles. The van der Waals surface area contributed by atoms with Crippen molar-refractivity contribution in [1.82, 2.24) is 19.6 Å². The van der Waals surface area contributed by atoms with E-state index in [0.29, 0.717) is 57.6 Å². The Morgan fingerprint density at radius 3 is 2.58 bits per heavy atom. The number of rotatable bonds is 12. The zero-order chi connectivity index (χ0) is 36.5. The number of ether oxygens (including phenoxy) is 2. The summed E-state index contributed by atoms with van der Waals surface area (Å²) in [6.07, 6.45) is 2.71. The summed E-state index contributed by atoms with van der Waals surface area (Å²) in [5.74, 6) is 0.101. The van der Waals surface area contributed by atoms with Crippen molar-refractivity contribution < 1.29 is 24.2 Å². The SMILES string of the molecule is CCOc1cc(C2/C(=C(\O)c3nc4c(C)cccn4c3C)C(=O)C(=O)N2c2nnc(SCc3cccc4ccccc34)s2)ccc1OCCC(C)C. The van der Waals surface area contributed by atoms with Crippen molar-refractivity contribution in [2.24, 2.45) is 5.92 Å². The molecule has 1 fully saturated rings. The summed E-state index contributed by atoms with van der Waals surface area (Å²) in [5, 5.41) is 23.4. The first-order valence-corrected chi connectivity index (χ1v) is 19.0. The predicted molar refractivity (Wildman–Crippen MR) is 205 cm³/mol. The normalized spacial score (nSPS) is 15.7. The number of aryl methyl sites for hydroxylation is 2. The van der Waals surface area contributed by atoms with Crippen LogP contribution in [0.5, 0.6) is 11.5 Å². The first-order valence-electron chi connectivity index (χ1n) is 17.2. The molecule has 7 rings (SSSR count). The number of carbonyl (C=O) groups excluding carboxylic acids is 2. The lowest BCUT2D eigenvalue weighted by molar-refractivity contribution is -0.132. The lowest BCUT2D eigenvalue weighted by Gasteiger charge is -2.23. The maximum absolute atomic E-state index is 14.1. The number of nitrogens with zero attached hydrogens (tertiary/aromatic N) is 5. The number of thioether (sulfide) groups is 1.